The fourth-order valence-electron chi connectivity index (χ4n) is 3.82. The number of nitrogens with zero attached hydrogens (tertiary/aromatic N) is 5. The summed E-state index contributed by atoms with van der Waals surface area (Å²) in [6.07, 6.45) is 6.35. The summed E-state index contributed by atoms with van der Waals surface area (Å²) in [7, 11) is 0. The second kappa shape index (κ2) is 8.92. The number of hydrogen-bond acceptors (Lipinski definition) is 6. The number of carbonyl (C=O) groups excluding carboxylic acids is 1. The van der Waals surface area contributed by atoms with Gasteiger partial charge >= 0.3 is 0 Å². The summed E-state index contributed by atoms with van der Waals surface area (Å²) < 4.78 is 6.13. The van der Waals surface area contributed by atoms with E-state index in [4.69, 9.17) is 4.74 Å². The maximum Gasteiger partial charge on any atom is 0.254 e. The smallest absolute Gasteiger partial charge is 0.254 e. The summed E-state index contributed by atoms with van der Waals surface area (Å²) in [5, 5.41) is 9.25. The highest BCUT2D eigenvalue weighted by molar-refractivity contribution is 6.00. The summed E-state index contributed by atoms with van der Waals surface area (Å²) >= 11 is 0. The van der Waals surface area contributed by atoms with Gasteiger partial charge in [-0.25, -0.2) is 15.0 Å². The van der Waals surface area contributed by atoms with E-state index in [1.165, 1.54) is 0 Å². The molecule has 0 bridgehead atoms. The number of piperidine rings is 1. The Bertz CT molecular complexity index is 1130. The Balaban J connectivity index is 1.58. The van der Waals surface area contributed by atoms with Crippen LogP contribution in [0.15, 0.2) is 55.0 Å². The number of amides is 1. The molecule has 1 aliphatic rings. The van der Waals surface area contributed by atoms with Crippen LogP contribution in [0.2, 0.25) is 0 Å². The molecule has 0 N–H and O–H groups in total. The largest absolute Gasteiger partial charge is 0.472 e. The van der Waals surface area contributed by atoms with E-state index in [1.54, 1.807) is 30.7 Å². The van der Waals surface area contributed by atoms with Crippen LogP contribution in [0.25, 0.3) is 11.4 Å². The lowest BCUT2D eigenvalue weighted by molar-refractivity contribution is 0.0371. The number of benzene rings is 1. The fourth-order valence-corrected chi connectivity index (χ4v) is 3.82. The maximum atomic E-state index is 13.5. The van der Waals surface area contributed by atoms with Gasteiger partial charge in [0.15, 0.2) is 5.82 Å². The van der Waals surface area contributed by atoms with Crippen LogP contribution in [0.1, 0.15) is 41.3 Å². The van der Waals surface area contributed by atoms with E-state index >= 15 is 0 Å². The number of hydrogen-bond donors (Lipinski definition) is 0. The first-order valence-corrected chi connectivity index (χ1v) is 10.3. The minimum atomic E-state index is -0.194. The summed E-state index contributed by atoms with van der Waals surface area (Å²) in [5.41, 5.74) is 2.54. The lowest BCUT2D eigenvalue weighted by Crippen LogP contribution is -2.49. The molecule has 2 aromatic heterocycles. The van der Waals surface area contributed by atoms with Crippen LogP contribution in [-0.2, 0) is 0 Å². The molecule has 3 aromatic rings. The molecule has 31 heavy (non-hydrogen) atoms. The van der Waals surface area contributed by atoms with Gasteiger partial charge < -0.3 is 9.64 Å². The summed E-state index contributed by atoms with van der Waals surface area (Å²) in [6, 6.07) is 13.1. The molecule has 0 unspecified atom stereocenters. The summed E-state index contributed by atoms with van der Waals surface area (Å²) in [5.74, 6) is 0.903. The molecule has 1 amide bonds. The lowest BCUT2D eigenvalue weighted by atomic mass is 9.98. The quantitative estimate of drug-likeness (QED) is 0.646. The standard InChI is InChI=1S/C24H23N5O2/c1-16-8-9-19(31-23-17(2)18(14-25)10-13-28-23)15-29(16)24(30)21-7-4-3-6-20(21)22-26-11-5-12-27-22/h3-7,10-13,16,19H,8-9,15H2,1-2H3/t16-,19-/m1/s1. The van der Waals surface area contributed by atoms with Crippen molar-refractivity contribution < 1.29 is 9.53 Å². The van der Waals surface area contributed by atoms with Crippen LogP contribution in [0.4, 0.5) is 0 Å². The van der Waals surface area contributed by atoms with Gasteiger partial charge in [-0.15, -0.1) is 0 Å². The first-order chi connectivity index (χ1) is 15.1. The van der Waals surface area contributed by atoms with Crippen molar-refractivity contribution in [3.8, 4) is 23.3 Å². The molecule has 1 aromatic carbocycles. The molecule has 0 saturated carbocycles. The molecule has 0 spiro atoms. The fraction of sp³-hybridized carbons (Fsp3) is 0.292. The van der Waals surface area contributed by atoms with Crippen LogP contribution in [0, 0.1) is 18.3 Å². The van der Waals surface area contributed by atoms with E-state index in [-0.39, 0.29) is 18.1 Å². The molecule has 7 heteroatoms. The zero-order valence-corrected chi connectivity index (χ0v) is 17.5. The summed E-state index contributed by atoms with van der Waals surface area (Å²) in [6.45, 7) is 4.32. The van der Waals surface area contributed by atoms with Crippen LogP contribution >= 0.6 is 0 Å². The molecule has 1 saturated heterocycles. The van der Waals surface area contributed by atoms with Crippen LogP contribution in [0.3, 0.4) is 0 Å². The minimum Gasteiger partial charge on any atom is -0.472 e. The van der Waals surface area contributed by atoms with E-state index < -0.39 is 0 Å². The third-order valence-corrected chi connectivity index (χ3v) is 5.62. The van der Waals surface area contributed by atoms with Gasteiger partial charge in [0.2, 0.25) is 5.88 Å². The zero-order chi connectivity index (χ0) is 21.8. The van der Waals surface area contributed by atoms with E-state index in [2.05, 4.69) is 27.9 Å². The summed E-state index contributed by atoms with van der Waals surface area (Å²) in [4.78, 5) is 28.3. The van der Waals surface area contributed by atoms with Crippen molar-refractivity contribution in [1.29, 1.82) is 5.26 Å². The van der Waals surface area contributed by atoms with Gasteiger partial charge in [0.1, 0.15) is 6.10 Å². The molecule has 3 heterocycles. The van der Waals surface area contributed by atoms with Gasteiger partial charge in [-0.2, -0.15) is 5.26 Å². The lowest BCUT2D eigenvalue weighted by Gasteiger charge is -2.38. The van der Waals surface area contributed by atoms with Gasteiger partial charge in [-0.1, -0.05) is 18.2 Å². The van der Waals surface area contributed by atoms with Gasteiger partial charge in [0.25, 0.3) is 5.91 Å². The normalized spacial score (nSPS) is 18.3. The predicted octanol–water partition coefficient (Wildman–Crippen LogP) is 3.79. The number of pyridine rings is 1. The second-order valence-corrected chi connectivity index (χ2v) is 7.64. The SMILES string of the molecule is Cc1c(C#N)ccnc1O[C@@H]1CC[C@@H](C)N(C(=O)c2ccccc2-c2ncccn2)C1. The van der Waals surface area contributed by atoms with Crippen molar-refractivity contribution in [2.45, 2.75) is 38.8 Å². The number of nitriles is 1. The van der Waals surface area contributed by atoms with E-state index in [0.717, 1.165) is 12.8 Å². The Morgan fingerprint density at radius 1 is 1.10 bits per heavy atom. The monoisotopic (exact) mass is 413 g/mol. The highest BCUT2D eigenvalue weighted by Crippen LogP contribution is 2.28. The van der Waals surface area contributed by atoms with Crippen molar-refractivity contribution in [2.24, 2.45) is 0 Å². The molecule has 156 valence electrons. The maximum absolute atomic E-state index is 13.5. The molecule has 4 rings (SSSR count). The third-order valence-electron chi connectivity index (χ3n) is 5.62. The van der Waals surface area contributed by atoms with Crippen molar-refractivity contribution in [3.63, 3.8) is 0 Å². The van der Waals surface area contributed by atoms with Crippen LogP contribution in [-0.4, -0.2) is 44.4 Å². The van der Waals surface area contributed by atoms with Crippen molar-refractivity contribution in [2.75, 3.05) is 6.54 Å². The Morgan fingerprint density at radius 3 is 2.65 bits per heavy atom. The molecular formula is C24H23N5O2. The molecule has 0 radical (unpaired) electrons. The van der Waals surface area contributed by atoms with Gasteiger partial charge in [0.05, 0.1) is 23.7 Å². The Kier molecular flexibility index (Phi) is 5.89. The van der Waals surface area contributed by atoms with Gasteiger partial charge in [-0.3, -0.25) is 4.79 Å². The second-order valence-electron chi connectivity index (χ2n) is 7.64. The predicted molar refractivity (Wildman–Crippen MR) is 115 cm³/mol. The number of aromatic nitrogens is 3. The van der Waals surface area contributed by atoms with Crippen molar-refractivity contribution in [1.82, 2.24) is 19.9 Å². The first kappa shape index (κ1) is 20.5. The Hall–Kier alpha value is -3.79. The van der Waals surface area contributed by atoms with Crippen molar-refractivity contribution >= 4 is 5.91 Å². The minimum absolute atomic E-state index is 0.0701. The van der Waals surface area contributed by atoms with E-state index in [1.807, 2.05) is 36.1 Å². The molecule has 2 atom stereocenters. The van der Waals surface area contributed by atoms with Gasteiger partial charge in [-0.05, 0) is 44.9 Å². The zero-order valence-electron chi connectivity index (χ0n) is 17.5. The molecular weight excluding hydrogens is 390 g/mol. The topological polar surface area (TPSA) is 92.0 Å². The number of rotatable bonds is 4. The van der Waals surface area contributed by atoms with E-state index in [0.29, 0.717) is 40.5 Å². The number of ether oxygens (including phenoxy) is 1. The number of carbonyl (C=O) groups is 1. The van der Waals surface area contributed by atoms with Crippen molar-refractivity contribution in [3.05, 3.63) is 71.7 Å². The molecule has 7 nitrogen and oxygen atoms in total. The average Bonchev–Trinajstić information content (AvgIpc) is 2.82. The average molecular weight is 413 g/mol. The van der Waals surface area contributed by atoms with Crippen LogP contribution in [0.5, 0.6) is 5.88 Å². The first-order valence-electron chi connectivity index (χ1n) is 10.3. The molecule has 1 aliphatic heterocycles. The highest BCUT2D eigenvalue weighted by atomic mass is 16.5. The Morgan fingerprint density at radius 2 is 1.87 bits per heavy atom. The van der Waals surface area contributed by atoms with E-state index in [9.17, 15) is 10.1 Å². The third kappa shape index (κ3) is 4.24. The number of likely N-dealkylation sites (tertiary alicyclic amines) is 1. The Labute approximate surface area is 181 Å². The highest BCUT2D eigenvalue weighted by Gasteiger charge is 2.32. The molecule has 1 fully saturated rings. The molecule has 0 aliphatic carbocycles. The van der Waals surface area contributed by atoms with Gasteiger partial charge in [0, 0.05) is 35.8 Å². The van der Waals surface area contributed by atoms with Crippen LogP contribution < -0.4 is 4.74 Å².